The molecule has 3 aromatic carbocycles. The molecule has 0 fully saturated rings. The van der Waals surface area contributed by atoms with Gasteiger partial charge >= 0.3 is 0 Å². The molecule has 0 atom stereocenters. The Labute approximate surface area is 209 Å². The number of amides is 1. The van der Waals surface area contributed by atoms with Crippen LogP contribution in [0.25, 0.3) is 10.6 Å². The number of nitrogens with one attached hydrogen (secondary N) is 1. The molecule has 7 nitrogen and oxygen atoms in total. The van der Waals surface area contributed by atoms with Crippen LogP contribution in [-0.4, -0.2) is 24.8 Å². The van der Waals surface area contributed by atoms with E-state index in [0.717, 1.165) is 29.3 Å². The Morgan fingerprint density at radius 2 is 1.92 bits per heavy atom. The van der Waals surface area contributed by atoms with Crippen LogP contribution in [0, 0.1) is 11.6 Å². The number of carbonyl (C=O) groups is 1. The zero-order valence-corrected chi connectivity index (χ0v) is 19.9. The highest BCUT2D eigenvalue weighted by Gasteiger charge is 2.16. The first-order valence-corrected chi connectivity index (χ1v) is 11.8. The lowest BCUT2D eigenvalue weighted by Crippen LogP contribution is -2.23. The lowest BCUT2D eigenvalue weighted by Gasteiger charge is -2.12. The Morgan fingerprint density at radius 3 is 2.78 bits per heavy atom. The lowest BCUT2D eigenvalue weighted by molar-refractivity contribution is 0.0946. The number of aromatic nitrogens is 1. The first kappa shape index (κ1) is 23.6. The van der Waals surface area contributed by atoms with Gasteiger partial charge in [-0.05, 0) is 54.1 Å². The van der Waals surface area contributed by atoms with Crippen LogP contribution in [0.2, 0.25) is 0 Å². The van der Waals surface area contributed by atoms with Crippen LogP contribution in [-0.2, 0) is 13.2 Å². The maximum atomic E-state index is 13.9. The molecule has 0 spiro atoms. The Hall–Kier alpha value is -4.18. The van der Waals surface area contributed by atoms with E-state index >= 15 is 0 Å². The topological polar surface area (TPSA) is 78.9 Å². The summed E-state index contributed by atoms with van der Waals surface area (Å²) in [5.41, 5.74) is 1.98. The molecule has 10 heteroatoms. The molecule has 4 aromatic rings. The van der Waals surface area contributed by atoms with Crippen molar-refractivity contribution in [2.24, 2.45) is 0 Å². The highest BCUT2D eigenvalue weighted by molar-refractivity contribution is 7.13. The zero-order valence-electron chi connectivity index (χ0n) is 19.0. The summed E-state index contributed by atoms with van der Waals surface area (Å²) < 4.78 is 49.0. The lowest BCUT2D eigenvalue weighted by atomic mass is 10.2. The first-order valence-electron chi connectivity index (χ1n) is 10.9. The Bertz CT molecular complexity index is 1430. The van der Waals surface area contributed by atoms with Crippen LogP contribution in [0.4, 0.5) is 8.78 Å². The van der Waals surface area contributed by atoms with Crippen LogP contribution < -0.4 is 24.3 Å². The van der Waals surface area contributed by atoms with Crippen LogP contribution in [0.15, 0.2) is 60.0 Å². The molecule has 0 saturated heterocycles. The van der Waals surface area contributed by atoms with Gasteiger partial charge in [0, 0.05) is 23.1 Å². The fraction of sp³-hybridized carbons (Fsp3) is 0.154. The van der Waals surface area contributed by atoms with Crippen molar-refractivity contribution in [1.29, 1.82) is 0 Å². The number of halogens is 2. The van der Waals surface area contributed by atoms with Gasteiger partial charge in [-0.15, -0.1) is 11.3 Å². The van der Waals surface area contributed by atoms with E-state index in [1.54, 1.807) is 29.6 Å². The van der Waals surface area contributed by atoms with E-state index in [9.17, 15) is 13.6 Å². The minimum absolute atomic E-state index is 0.0949. The molecule has 1 aliphatic heterocycles. The van der Waals surface area contributed by atoms with Crippen molar-refractivity contribution in [2.75, 3.05) is 13.9 Å². The second-order valence-corrected chi connectivity index (χ2v) is 8.66. The quantitative estimate of drug-likeness (QED) is 0.345. The molecule has 0 radical (unpaired) electrons. The van der Waals surface area contributed by atoms with Crippen molar-refractivity contribution in [3.05, 3.63) is 88.4 Å². The van der Waals surface area contributed by atoms with E-state index in [4.69, 9.17) is 18.9 Å². The number of rotatable bonds is 8. The van der Waals surface area contributed by atoms with E-state index in [0.29, 0.717) is 34.6 Å². The van der Waals surface area contributed by atoms with E-state index in [1.165, 1.54) is 18.4 Å². The first-order chi connectivity index (χ1) is 17.5. The number of hydrogen-bond donors (Lipinski definition) is 1. The van der Waals surface area contributed by atoms with Gasteiger partial charge in [0.05, 0.1) is 7.11 Å². The summed E-state index contributed by atoms with van der Waals surface area (Å²) in [6, 6.07) is 13.8. The highest BCUT2D eigenvalue weighted by atomic mass is 32.1. The molecule has 1 aliphatic rings. The third-order valence-corrected chi connectivity index (χ3v) is 6.32. The van der Waals surface area contributed by atoms with Gasteiger partial charge in [0.25, 0.3) is 5.91 Å². The van der Waals surface area contributed by atoms with Crippen molar-refractivity contribution >= 4 is 17.2 Å². The average molecular weight is 511 g/mol. The molecule has 0 aliphatic carbocycles. The molecule has 1 N–H and O–H groups in total. The zero-order chi connectivity index (χ0) is 25.1. The predicted molar refractivity (Wildman–Crippen MR) is 129 cm³/mol. The van der Waals surface area contributed by atoms with E-state index in [-0.39, 0.29) is 30.6 Å². The summed E-state index contributed by atoms with van der Waals surface area (Å²) in [7, 11) is 1.48. The summed E-state index contributed by atoms with van der Waals surface area (Å²) in [5.74, 6) is 0.689. The predicted octanol–water partition coefficient (Wildman–Crippen LogP) is 5.33. The number of nitrogens with zero attached hydrogens (tertiary/aromatic N) is 1. The van der Waals surface area contributed by atoms with Crippen molar-refractivity contribution in [3.8, 4) is 33.6 Å². The molecule has 5 rings (SSSR count). The van der Waals surface area contributed by atoms with Gasteiger partial charge in [-0.2, -0.15) is 0 Å². The average Bonchev–Trinajstić information content (AvgIpc) is 3.57. The molecule has 36 heavy (non-hydrogen) atoms. The van der Waals surface area contributed by atoms with Gasteiger partial charge in [-0.1, -0.05) is 6.07 Å². The summed E-state index contributed by atoms with van der Waals surface area (Å²) in [6.07, 6.45) is 0. The standard InChI is InChI=1S/C26H20F2N2O5S/c1-32-23-10-16(3-7-21(23)33-12-17-9-18(27)4-5-19(17)28)26-30-20(13-36-26)25(31)29-11-15-2-6-22-24(8-15)35-14-34-22/h2-10,13H,11-12,14H2,1H3,(H,29,31). The largest absolute Gasteiger partial charge is 0.493 e. The van der Waals surface area contributed by atoms with Crippen LogP contribution in [0.5, 0.6) is 23.0 Å². The molecule has 1 amide bonds. The van der Waals surface area contributed by atoms with E-state index < -0.39 is 11.6 Å². The number of methoxy groups -OCH3 is 1. The van der Waals surface area contributed by atoms with Gasteiger partial charge in [-0.25, -0.2) is 13.8 Å². The molecule has 2 heterocycles. The van der Waals surface area contributed by atoms with Crippen molar-refractivity contribution < 1.29 is 32.5 Å². The molecule has 0 saturated carbocycles. The molecule has 184 valence electrons. The Morgan fingerprint density at radius 1 is 1.06 bits per heavy atom. The minimum atomic E-state index is -0.556. The number of carbonyl (C=O) groups excluding carboxylic acids is 1. The van der Waals surface area contributed by atoms with E-state index in [1.807, 2.05) is 12.1 Å². The van der Waals surface area contributed by atoms with Gasteiger partial charge < -0.3 is 24.3 Å². The third-order valence-electron chi connectivity index (χ3n) is 5.43. The summed E-state index contributed by atoms with van der Waals surface area (Å²) in [6.45, 7) is 0.342. The van der Waals surface area contributed by atoms with Crippen molar-refractivity contribution in [2.45, 2.75) is 13.2 Å². The Kier molecular flexibility index (Phi) is 6.68. The summed E-state index contributed by atoms with van der Waals surface area (Å²) in [4.78, 5) is 17.1. The number of ether oxygens (including phenoxy) is 4. The van der Waals surface area contributed by atoms with Crippen LogP contribution in [0.3, 0.4) is 0 Å². The summed E-state index contributed by atoms with van der Waals surface area (Å²) >= 11 is 1.31. The van der Waals surface area contributed by atoms with Gasteiger partial charge in [-0.3, -0.25) is 4.79 Å². The second-order valence-electron chi connectivity index (χ2n) is 7.80. The number of thiazole rings is 1. The van der Waals surface area contributed by atoms with Gasteiger partial charge in [0.1, 0.15) is 28.9 Å². The third kappa shape index (κ3) is 5.08. The normalized spacial score (nSPS) is 11.9. The number of benzene rings is 3. The van der Waals surface area contributed by atoms with Crippen molar-refractivity contribution in [3.63, 3.8) is 0 Å². The fourth-order valence-electron chi connectivity index (χ4n) is 3.56. The molecular weight excluding hydrogens is 490 g/mol. The number of hydrogen-bond acceptors (Lipinski definition) is 7. The maximum Gasteiger partial charge on any atom is 0.271 e. The molecular formula is C26H20F2N2O5S. The van der Waals surface area contributed by atoms with E-state index in [2.05, 4.69) is 10.3 Å². The Balaban J connectivity index is 1.24. The maximum absolute atomic E-state index is 13.9. The smallest absolute Gasteiger partial charge is 0.271 e. The molecule has 0 bridgehead atoms. The van der Waals surface area contributed by atoms with Crippen LogP contribution in [0.1, 0.15) is 21.6 Å². The monoisotopic (exact) mass is 510 g/mol. The van der Waals surface area contributed by atoms with Gasteiger partial charge in [0.2, 0.25) is 6.79 Å². The van der Waals surface area contributed by atoms with Crippen molar-refractivity contribution in [1.82, 2.24) is 10.3 Å². The van der Waals surface area contributed by atoms with Gasteiger partial charge in [0.15, 0.2) is 23.0 Å². The molecule has 0 unspecified atom stereocenters. The SMILES string of the molecule is COc1cc(-c2nc(C(=O)NCc3ccc4c(c3)OCO4)cs2)ccc1OCc1cc(F)ccc1F. The van der Waals surface area contributed by atoms with Crippen LogP contribution >= 0.6 is 11.3 Å². The molecule has 1 aromatic heterocycles. The number of fused-ring (bicyclic) bond motifs is 1. The summed E-state index contributed by atoms with van der Waals surface area (Å²) in [5, 5.41) is 5.14. The fourth-order valence-corrected chi connectivity index (χ4v) is 4.36. The second kappa shape index (κ2) is 10.2. The highest BCUT2D eigenvalue weighted by Crippen LogP contribution is 2.35. The minimum Gasteiger partial charge on any atom is -0.493 e.